The molecule has 3 heteroatoms. The minimum Gasteiger partial charge on any atom is -0.316 e. The molecule has 100 valence electrons. The van der Waals surface area contributed by atoms with Gasteiger partial charge in [0.25, 0.3) is 0 Å². The van der Waals surface area contributed by atoms with Gasteiger partial charge in [-0.2, -0.15) is 0 Å². The molecular weight excluding hydrogens is 227 g/mol. The second-order valence-electron chi connectivity index (χ2n) is 5.98. The van der Waals surface area contributed by atoms with Crippen LogP contribution in [-0.2, 0) is 6.54 Å². The Balaban J connectivity index is 1.96. The van der Waals surface area contributed by atoms with Crippen molar-refractivity contribution >= 4 is 0 Å². The normalized spacial score (nSPS) is 23.8. The fourth-order valence-corrected chi connectivity index (χ4v) is 2.84. The Morgan fingerprint density at radius 2 is 2.22 bits per heavy atom. The summed E-state index contributed by atoms with van der Waals surface area (Å²) in [6, 6.07) is 5.06. The van der Waals surface area contributed by atoms with Gasteiger partial charge in [-0.05, 0) is 55.6 Å². The summed E-state index contributed by atoms with van der Waals surface area (Å²) in [5, 5.41) is 3.42. The third-order valence-corrected chi connectivity index (χ3v) is 3.85. The van der Waals surface area contributed by atoms with Gasteiger partial charge in [0.15, 0.2) is 0 Å². The van der Waals surface area contributed by atoms with Crippen molar-refractivity contribution in [3.05, 3.63) is 35.1 Å². The Labute approximate surface area is 109 Å². The molecule has 0 aromatic heterocycles. The van der Waals surface area contributed by atoms with E-state index in [4.69, 9.17) is 0 Å². The van der Waals surface area contributed by atoms with Crippen LogP contribution in [-0.4, -0.2) is 31.6 Å². The fraction of sp³-hybridized carbons (Fsp3) is 0.600. The van der Waals surface area contributed by atoms with Crippen LogP contribution in [0.2, 0.25) is 0 Å². The SMILES string of the molecule is Cc1cc(F)ccc1CN(C)CC1(C)CCNC1. The van der Waals surface area contributed by atoms with Gasteiger partial charge in [-0.1, -0.05) is 13.0 Å². The molecule has 1 saturated heterocycles. The van der Waals surface area contributed by atoms with Gasteiger partial charge in [0.1, 0.15) is 5.82 Å². The first-order valence-electron chi connectivity index (χ1n) is 6.63. The Bertz CT molecular complexity index is 411. The molecule has 0 saturated carbocycles. The molecular formula is C15H23FN2. The summed E-state index contributed by atoms with van der Waals surface area (Å²) in [5.74, 6) is -0.147. The van der Waals surface area contributed by atoms with Crippen LogP contribution in [0, 0.1) is 18.2 Å². The molecule has 1 aromatic rings. The molecule has 1 atom stereocenters. The molecule has 1 N–H and O–H groups in total. The number of hydrogen-bond acceptors (Lipinski definition) is 2. The third kappa shape index (κ3) is 3.30. The molecule has 1 aromatic carbocycles. The molecule has 1 heterocycles. The van der Waals surface area contributed by atoms with Crippen molar-refractivity contribution in [3.8, 4) is 0 Å². The topological polar surface area (TPSA) is 15.3 Å². The van der Waals surface area contributed by atoms with E-state index < -0.39 is 0 Å². The van der Waals surface area contributed by atoms with E-state index in [1.807, 2.05) is 13.0 Å². The van der Waals surface area contributed by atoms with E-state index in [1.54, 1.807) is 12.1 Å². The molecule has 0 bridgehead atoms. The van der Waals surface area contributed by atoms with Gasteiger partial charge in [-0.15, -0.1) is 0 Å². The zero-order valence-electron chi connectivity index (χ0n) is 11.6. The van der Waals surface area contributed by atoms with Crippen LogP contribution >= 0.6 is 0 Å². The highest BCUT2D eigenvalue weighted by Crippen LogP contribution is 2.26. The number of nitrogens with one attached hydrogen (secondary N) is 1. The van der Waals surface area contributed by atoms with E-state index in [9.17, 15) is 4.39 Å². The van der Waals surface area contributed by atoms with Crippen molar-refractivity contribution in [3.63, 3.8) is 0 Å². The number of rotatable bonds is 4. The first kappa shape index (κ1) is 13.5. The third-order valence-electron chi connectivity index (χ3n) is 3.85. The molecule has 2 nitrogen and oxygen atoms in total. The van der Waals surface area contributed by atoms with Crippen LogP contribution in [0.5, 0.6) is 0 Å². The van der Waals surface area contributed by atoms with Crippen LogP contribution in [0.25, 0.3) is 0 Å². The van der Waals surface area contributed by atoms with Gasteiger partial charge in [-0.25, -0.2) is 4.39 Å². The largest absolute Gasteiger partial charge is 0.316 e. The van der Waals surface area contributed by atoms with E-state index in [2.05, 4.69) is 24.2 Å². The van der Waals surface area contributed by atoms with Crippen LogP contribution in [0.15, 0.2) is 18.2 Å². The maximum absolute atomic E-state index is 13.1. The first-order valence-corrected chi connectivity index (χ1v) is 6.63. The number of halogens is 1. The minimum absolute atomic E-state index is 0.147. The highest BCUT2D eigenvalue weighted by molar-refractivity contribution is 5.26. The van der Waals surface area contributed by atoms with Crippen molar-refractivity contribution in [1.82, 2.24) is 10.2 Å². The Morgan fingerprint density at radius 3 is 2.83 bits per heavy atom. The van der Waals surface area contributed by atoms with E-state index in [0.29, 0.717) is 5.41 Å². The van der Waals surface area contributed by atoms with Crippen molar-refractivity contribution in [2.75, 3.05) is 26.7 Å². The van der Waals surface area contributed by atoms with Gasteiger partial charge >= 0.3 is 0 Å². The highest BCUT2D eigenvalue weighted by Gasteiger charge is 2.29. The predicted molar refractivity (Wildman–Crippen MR) is 73.1 cm³/mol. The van der Waals surface area contributed by atoms with E-state index in [1.165, 1.54) is 12.0 Å². The van der Waals surface area contributed by atoms with Gasteiger partial charge < -0.3 is 10.2 Å². The molecule has 1 aliphatic rings. The lowest BCUT2D eigenvalue weighted by molar-refractivity contribution is 0.203. The standard InChI is InChI=1S/C15H23FN2/c1-12-8-14(16)5-4-13(12)9-18(3)11-15(2)6-7-17-10-15/h4-5,8,17H,6-7,9-11H2,1-3H3. The molecule has 0 aliphatic carbocycles. The summed E-state index contributed by atoms with van der Waals surface area (Å²) < 4.78 is 13.1. The quantitative estimate of drug-likeness (QED) is 0.883. The van der Waals surface area contributed by atoms with Crippen molar-refractivity contribution < 1.29 is 4.39 Å². The fourth-order valence-electron chi connectivity index (χ4n) is 2.84. The number of benzene rings is 1. The van der Waals surface area contributed by atoms with Crippen molar-refractivity contribution in [2.24, 2.45) is 5.41 Å². The smallest absolute Gasteiger partial charge is 0.123 e. The monoisotopic (exact) mass is 250 g/mol. The molecule has 0 spiro atoms. The molecule has 18 heavy (non-hydrogen) atoms. The average molecular weight is 250 g/mol. The maximum Gasteiger partial charge on any atom is 0.123 e. The Morgan fingerprint density at radius 1 is 1.44 bits per heavy atom. The summed E-state index contributed by atoms with van der Waals surface area (Å²) in [6.07, 6.45) is 1.24. The van der Waals surface area contributed by atoms with Crippen molar-refractivity contribution in [2.45, 2.75) is 26.8 Å². The second kappa shape index (κ2) is 5.37. The molecule has 1 aliphatic heterocycles. The molecule has 0 amide bonds. The summed E-state index contributed by atoms with van der Waals surface area (Å²) in [5.41, 5.74) is 2.63. The summed E-state index contributed by atoms with van der Waals surface area (Å²) >= 11 is 0. The number of aryl methyl sites for hydroxylation is 1. The second-order valence-corrected chi connectivity index (χ2v) is 5.98. The van der Waals surface area contributed by atoms with E-state index in [-0.39, 0.29) is 5.82 Å². The Hall–Kier alpha value is -0.930. The van der Waals surface area contributed by atoms with Gasteiger partial charge in [0, 0.05) is 19.6 Å². The lowest BCUT2D eigenvalue weighted by Crippen LogP contribution is -2.34. The first-order chi connectivity index (χ1) is 8.48. The van der Waals surface area contributed by atoms with Crippen LogP contribution in [0.4, 0.5) is 4.39 Å². The predicted octanol–water partition coefficient (Wildman–Crippen LogP) is 2.57. The molecule has 0 radical (unpaired) electrons. The molecule has 1 unspecified atom stereocenters. The molecule has 2 rings (SSSR count). The summed E-state index contributed by atoms with van der Waals surface area (Å²) in [4.78, 5) is 2.34. The van der Waals surface area contributed by atoms with Crippen LogP contribution in [0.1, 0.15) is 24.5 Å². The van der Waals surface area contributed by atoms with Crippen LogP contribution in [0.3, 0.4) is 0 Å². The lowest BCUT2D eigenvalue weighted by atomic mass is 9.89. The summed E-state index contributed by atoms with van der Waals surface area (Å²) in [7, 11) is 2.15. The average Bonchev–Trinajstić information content (AvgIpc) is 2.69. The number of nitrogens with zero attached hydrogens (tertiary/aromatic N) is 1. The van der Waals surface area contributed by atoms with Gasteiger partial charge in [-0.3, -0.25) is 0 Å². The van der Waals surface area contributed by atoms with Crippen LogP contribution < -0.4 is 5.32 Å². The number of hydrogen-bond donors (Lipinski definition) is 1. The Kier molecular flexibility index (Phi) is 4.03. The molecule has 1 fully saturated rings. The van der Waals surface area contributed by atoms with E-state index >= 15 is 0 Å². The lowest BCUT2D eigenvalue weighted by Gasteiger charge is -2.29. The summed E-state index contributed by atoms with van der Waals surface area (Å²) in [6.45, 7) is 8.50. The van der Waals surface area contributed by atoms with E-state index in [0.717, 1.165) is 31.7 Å². The zero-order valence-corrected chi connectivity index (χ0v) is 11.6. The highest BCUT2D eigenvalue weighted by atomic mass is 19.1. The van der Waals surface area contributed by atoms with Gasteiger partial charge in [0.05, 0.1) is 0 Å². The maximum atomic E-state index is 13.1. The minimum atomic E-state index is -0.147. The van der Waals surface area contributed by atoms with Crippen molar-refractivity contribution in [1.29, 1.82) is 0 Å². The zero-order chi connectivity index (χ0) is 13.2. The van der Waals surface area contributed by atoms with Gasteiger partial charge in [0.2, 0.25) is 0 Å².